The highest BCUT2D eigenvalue weighted by molar-refractivity contribution is 7.17. The summed E-state index contributed by atoms with van der Waals surface area (Å²) in [6.07, 6.45) is -3.16. The van der Waals surface area contributed by atoms with Crippen molar-refractivity contribution in [1.82, 2.24) is 9.55 Å². The van der Waals surface area contributed by atoms with Gasteiger partial charge in [0.1, 0.15) is 4.70 Å². The lowest BCUT2D eigenvalue weighted by Crippen LogP contribution is -2.22. The number of benzene rings is 1. The third kappa shape index (κ3) is 2.56. The van der Waals surface area contributed by atoms with E-state index < -0.39 is 11.7 Å². The predicted octanol–water partition coefficient (Wildman–Crippen LogP) is 3.53. The smallest absolute Gasteiger partial charge is 0.294 e. The van der Waals surface area contributed by atoms with Gasteiger partial charge in [-0.1, -0.05) is 18.2 Å². The third-order valence-electron chi connectivity index (χ3n) is 3.10. The Labute approximate surface area is 121 Å². The highest BCUT2D eigenvalue weighted by Gasteiger charge is 2.32. The number of thiophene rings is 1. The van der Waals surface area contributed by atoms with Crippen LogP contribution in [-0.2, 0) is 12.7 Å². The SMILES string of the molecule is O=c1c2sccc2ncn1Cc1ccccc1C(F)(F)F. The van der Waals surface area contributed by atoms with Crippen molar-refractivity contribution in [2.75, 3.05) is 0 Å². The number of aromatic nitrogens is 2. The normalized spacial score (nSPS) is 12.0. The molecule has 0 aliphatic heterocycles. The second-order valence-electron chi connectivity index (χ2n) is 4.47. The summed E-state index contributed by atoms with van der Waals surface area (Å²) in [5.41, 5.74) is -0.453. The zero-order valence-electron chi connectivity index (χ0n) is 10.6. The van der Waals surface area contributed by atoms with Gasteiger partial charge in [-0.3, -0.25) is 9.36 Å². The maximum Gasteiger partial charge on any atom is 0.416 e. The first kappa shape index (κ1) is 13.8. The Morgan fingerprint density at radius 1 is 1.19 bits per heavy atom. The number of alkyl halides is 3. The van der Waals surface area contributed by atoms with Gasteiger partial charge in [-0.25, -0.2) is 4.98 Å². The molecule has 0 saturated heterocycles. The molecule has 7 heteroatoms. The van der Waals surface area contributed by atoms with Crippen LogP contribution in [-0.4, -0.2) is 9.55 Å². The topological polar surface area (TPSA) is 34.9 Å². The first-order valence-corrected chi connectivity index (χ1v) is 6.92. The lowest BCUT2D eigenvalue weighted by atomic mass is 10.1. The molecular weight excluding hydrogens is 301 g/mol. The molecule has 108 valence electrons. The van der Waals surface area contributed by atoms with Gasteiger partial charge in [-0.15, -0.1) is 11.3 Å². The van der Waals surface area contributed by atoms with Crippen LogP contribution in [0.25, 0.3) is 10.2 Å². The molecule has 21 heavy (non-hydrogen) atoms. The monoisotopic (exact) mass is 310 g/mol. The van der Waals surface area contributed by atoms with E-state index >= 15 is 0 Å². The second kappa shape index (κ2) is 5.00. The molecule has 0 fully saturated rings. The van der Waals surface area contributed by atoms with E-state index in [1.807, 2.05) is 0 Å². The van der Waals surface area contributed by atoms with Crippen molar-refractivity contribution in [2.45, 2.75) is 12.7 Å². The molecule has 0 amide bonds. The molecule has 1 aromatic carbocycles. The minimum absolute atomic E-state index is 0.0461. The fraction of sp³-hybridized carbons (Fsp3) is 0.143. The van der Waals surface area contributed by atoms with Crippen LogP contribution in [0.5, 0.6) is 0 Å². The minimum Gasteiger partial charge on any atom is -0.294 e. The van der Waals surface area contributed by atoms with Crippen LogP contribution in [0.2, 0.25) is 0 Å². The Hall–Kier alpha value is -2.15. The van der Waals surface area contributed by atoms with Gasteiger partial charge in [0.25, 0.3) is 5.56 Å². The molecule has 3 aromatic rings. The molecule has 0 N–H and O–H groups in total. The van der Waals surface area contributed by atoms with E-state index in [2.05, 4.69) is 4.98 Å². The van der Waals surface area contributed by atoms with Gasteiger partial charge in [0, 0.05) is 0 Å². The van der Waals surface area contributed by atoms with E-state index in [9.17, 15) is 18.0 Å². The van der Waals surface area contributed by atoms with Gasteiger partial charge in [0.05, 0.1) is 24.0 Å². The van der Waals surface area contributed by atoms with Crippen LogP contribution in [0, 0.1) is 0 Å². The molecular formula is C14H9F3N2OS. The van der Waals surface area contributed by atoms with Crippen molar-refractivity contribution in [3.8, 4) is 0 Å². The number of nitrogens with zero attached hydrogens (tertiary/aromatic N) is 2. The molecule has 3 nitrogen and oxygen atoms in total. The Balaban J connectivity index is 2.07. The Bertz CT molecular complexity index is 851. The number of halogens is 3. The molecule has 0 bridgehead atoms. The van der Waals surface area contributed by atoms with E-state index in [1.165, 1.54) is 40.4 Å². The molecule has 2 heterocycles. The summed E-state index contributed by atoms with van der Waals surface area (Å²) in [6.45, 7) is -0.157. The fourth-order valence-corrected chi connectivity index (χ4v) is 2.90. The van der Waals surface area contributed by atoms with Gasteiger partial charge >= 0.3 is 6.18 Å². The molecule has 0 aliphatic rings. The summed E-state index contributed by atoms with van der Waals surface area (Å²) >= 11 is 1.23. The van der Waals surface area contributed by atoms with Gasteiger partial charge in [0.2, 0.25) is 0 Å². The zero-order valence-corrected chi connectivity index (χ0v) is 11.4. The van der Waals surface area contributed by atoms with E-state index in [-0.39, 0.29) is 17.7 Å². The number of hydrogen-bond acceptors (Lipinski definition) is 3. The lowest BCUT2D eigenvalue weighted by Gasteiger charge is -2.13. The van der Waals surface area contributed by atoms with Crippen LogP contribution in [0.1, 0.15) is 11.1 Å². The van der Waals surface area contributed by atoms with Crippen LogP contribution in [0.3, 0.4) is 0 Å². The van der Waals surface area contributed by atoms with Crippen molar-refractivity contribution in [2.24, 2.45) is 0 Å². The van der Waals surface area contributed by atoms with Crippen LogP contribution >= 0.6 is 11.3 Å². The molecule has 0 saturated carbocycles. The number of fused-ring (bicyclic) bond motifs is 1. The zero-order chi connectivity index (χ0) is 15.0. The van der Waals surface area contributed by atoms with E-state index in [4.69, 9.17) is 0 Å². The first-order chi connectivity index (χ1) is 9.97. The van der Waals surface area contributed by atoms with E-state index in [0.717, 1.165) is 6.07 Å². The van der Waals surface area contributed by atoms with Gasteiger partial charge < -0.3 is 0 Å². The quantitative estimate of drug-likeness (QED) is 0.726. The molecule has 0 unspecified atom stereocenters. The highest BCUT2D eigenvalue weighted by Crippen LogP contribution is 2.32. The van der Waals surface area contributed by atoms with Crippen molar-refractivity contribution in [3.05, 3.63) is 63.5 Å². The summed E-state index contributed by atoms with van der Waals surface area (Å²) in [7, 11) is 0. The second-order valence-corrected chi connectivity index (χ2v) is 5.38. The summed E-state index contributed by atoms with van der Waals surface area (Å²) < 4.78 is 40.5. The van der Waals surface area contributed by atoms with Crippen LogP contribution < -0.4 is 5.56 Å². The Kier molecular flexibility index (Phi) is 3.29. The molecule has 0 radical (unpaired) electrons. The first-order valence-electron chi connectivity index (χ1n) is 6.04. The third-order valence-corrected chi connectivity index (χ3v) is 3.99. The average molecular weight is 310 g/mol. The minimum atomic E-state index is -4.44. The van der Waals surface area contributed by atoms with Crippen molar-refractivity contribution in [1.29, 1.82) is 0 Å². The number of hydrogen-bond donors (Lipinski definition) is 0. The highest BCUT2D eigenvalue weighted by atomic mass is 32.1. The molecule has 0 spiro atoms. The van der Waals surface area contributed by atoms with E-state index in [0.29, 0.717) is 10.2 Å². The largest absolute Gasteiger partial charge is 0.416 e. The van der Waals surface area contributed by atoms with Crippen molar-refractivity contribution in [3.63, 3.8) is 0 Å². The molecule has 2 aromatic heterocycles. The van der Waals surface area contributed by atoms with Gasteiger partial charge in [-0.05, 0) is 23.1 Å². The lowest BCUT2D eigenvalue weighted by molar-refractivity contribution is -0.138. The summed E-state index contributed by atoms with van der Waals surface area (Å²) in [4.78, 5) is 16.3. The summed E-state index contributed by atoms with van der Waals surface area (Å²) in [5.74, 6) is 0. The Morgan fingerprint density at radius 3 is 2.71 bits per heavy atom. The van der Waals surface area contributed by atoms with Crippen molar-refractivity contribution < 1.29 is 13.2 Å². The van der Waals surface area contributed by atoms with Gasteiger partial charge in [-0.2, -0.15) is 13.2 Å². The van der Waals surface area contributed by atoms with Crippen molar-refractivity contribution >= 4 is 21.6 Å². The van der Waals surface area contributed by atoms with Crippen LogP contribution in [0.15, 0.2) is 46.8 Å². The maximum absolute atomic E-state index is 13.0. The molecule has 0 aliphatic carbocycles. The van der Waals surface area contributed by atoms with Gasteiger partial charge in [0.15, 0.2) is 0 Å². The van der Waals surface area contributed by atoms with Crippen LogP contribution in [0.4, 0.5) is 13.2 Å². The summed E-state index contributed by atoms with van der Waals surface area (Å²) in [5, 5.41) is 1.73. The standard InChI is InChI=1S/C14H9F3N2OS/c15-14(16,17)10-4-2-1-3-9(10)7-19-8-18-11-5-6-21-12(11)13(19)20/h1-6,8H,7H2. The van der Waals surface area contributed by atoms with E-state index in [1.54, 1.807) is 11.4 Å². The Morgan fingerprint density at radius 2 is 1.95 bits per heavy atom. The average Bonchev–Trinajstić information content (AvgIpc) is 2.90. The fourth-order valence-electron chi connectivity index (χ4n) is 2.11. The maximum atomic E-state index is 13.0. The molecule has 3 rings (SSSR count). The summed E-state index contributed by atoms with van der Waals surface area (Å²) in [6, 6.07) is 6.93. The predicted molar refractivity (Wildman–Crippen MR) is 74.4 cm³/mol. The number of rotatable bonds is 2. The molecule has 0 atom stereocenters.